The van der Waals surface area contributed by atoms with Crippen molar-refractivity contribution in [1.29, 1.82) is 0 Å². The molecule has 4 nitrogen and oxygen atoms in total. The second-order valence-electron chi connectivity index (χ2n) is 5.05. The Morgan fingerprint density at radius 2 is 1.88 bits per heavy atom. The van der Waals surface area contributed by atoms with Crippen LogP contribution in [0.3, 0.4) is 0 Å². The van der Waals surface area contributed by atoms with Gasteiger partial charge in [-0.1, -0.05) is 0 Å². The quantitative estimate of drug-likeness (QED) is 0.666. The predicted molar refractivity (Wildman–Crippen MR) is 69.4 cm³/mol. The minimum atomic E-state index is -2.25. The molecule has 1 fully saturated rings. The minimum Gasteiger partial charge on any atom is -0.413 e. The molecule has 0 amide bonds. The largest absolute Gasteiger partial charge is 0.413 e. The Kier molecular flexibility index (Phi) is 5.49. The molecule has 17 heavy (non-hydrogen) atoms. The molecule has 0 aromatic heterocycles. The number of ketones is 1. The highest BCUT2D eigenvalue weighted by molar-refractivity contribution is 7.00. The molecule has 0 saturated carbocycles. The third kappa shape index (κ3) is 4.33. The van der Waals surface area contributed by atoms with Crippen LogP contribution in [0.4, 0.5) is 0 Å². The van der Waals surface area contributed by atoms with Gasteiger partial charge in [-0.05, 0) is 32.6 Å². The van der Waals surface area contributed by atoms with Gasteiger partial charge in [0.2, 0.25) is 0 Å². The van der Waals surface area contributed by atoms with Crippen molar-refractivity contribution in [3.63, 3.8) is 0 Å². The molecule has 0 spiro atoms. The number of carbonyl (C=O) groups excluding carboxylic acids is 2. The van der Waals surface area contributed by atoms with E-state index in [0.29, 0.717) is 19.3 Å². The van der Waals surface area contributed by atoms with Crippen LogP contribution in [-0.4, -0.2) is 51.7 Å². The average molecular weight is 257 g/mol. The van der Waals surface area contributed by atoms with Crippen molar-refractivity contribution in [3.05, 3.63) is 0 Å². The molecule has 98 valence electrons. The first-order chi connectivity index (χ1) is 7.98. The maximum Gasteiger partial charge on any atom is 0.261 e. The standard InChI is InChI=1S/C12H23NO3Si/c1-13-8-4-10-17(3,16-2)12(15)6-5-11(14)7-9-13/h4-10H2,1-3H3. The van der Waals surface area contributed by atoms with Crippen molar-refractivity contribution in [1.82, 2.24) is 4.90 Å². The summed E-state index contributed by atoms with van der Waals surface area (Å²) in [5.41, 5.74) is 0. The van der Waals surface area contributed by atoms with E-state index in [2.05, 4.69) is 4.90 Å². The Morgan fingerprint density at radius 3 is 2.53 bits per heavy atom. The summed E-state index contributed by atoms with van der Waals surface area (Å²) in [7, 11) is 1.41. The van der Waals surface area contributed by atoms with Gasteiger partial charge >= 0.3 is 0 Å². The van der Waals surface area contributed by atoms with Crippen LogP contribution in [0.25, 0.3) is 0 Å². The molecule has 1 heterocycles. The van der Waals surface area contributed by atoms with Gasteiger partial charge in [0.05, 0.1) is 0 Å². The van der Waals surface area contributed by atoms with Gasteiger partial charge in [-0.25, -0.2) is 0 Å². The van der Waals surface area contributed by atoms with Gasteiger partial charge in [0.1, 0.15) is 11.2 Å². The smallest absolute Gasteiger partial charge is 0.261 e. The molecule has 0 bridgehead atoms. The molecule has 1 saturated heterocycles. The summed E-state index contributed by atoms with van der Waals surface area (Å²) in [6.07, 6.45) is 2.31. The zero-order chi connectivity index (χ0) is 12.9. The van der Waals surface area contributed by atoms with E-state index < -0.39 is 8.32 Å². The molecular weight excluding hydrogens is 234 g/mol. The highest BCUT2D eigenvalue weighted by Gasteiger charge is 2.36. The van der Waals surface area contributed by atoms with Gasteiger partial charge in [0.15, 0.2) is 0 Å². The lowest BCUT2D eigenvalue weighted by Gasteiger charge is -2.24. The molecule has 1 rings (SSSR count). The molecule has 0 aromatic rings. The van der Waals surface area contributed by atoms with E-state index in [1.54, 1.807) is 7.11 Å². The third-order valence-corrected chi connectivity index (χ3v) is 7.28. The van der Waals surface area contributed by atoms with Crippen LogP contribution < -0.4 is 0 Å². The van der Waals surface area contributed by atoms with Gasteiger partial charge in [-0.15, -0.1) is 0 Å². The summed E-state index contributed by atoms with van der Waals surface area (Å²) < 4.78 is 5.49. The Balaban J connectivity index is 2.71. The predicted octanol–water partition coefficient (Wildman–Crippen LogP) is 1.39. The second kappa shape index (κ2) is 6.42. The zero-order valence-corrected chi connectivity index (χ0v) is 12.1. The van der Waals surface area contributed by atoms with Crippen LogP contribution in [0.15, 0.2) is 0 Å². The topological polar surface area (TPSA) is 46.6 Å². The van der Waals surface area contributed by atoms with Crippen molar-refractivity contribution < 1.29 is 14.0 Å². The molecule has 1 aliphatic rings. The average Bonchev–Trinajstić information content (AvgIpc) is 2.33. The SMILES string of the molecule is CO[Si]1(C)CCCN(C)CCC(=O)CCC1=O. The highest BCUT2D eigenvalue weighted by Crippen LogP contribution is 2.18. The lowest BCUT2D eigenvalue weighted by atomic mass is 10.2. The number of carbonyl (C=O) groups is 2. The fourth-order valence-corrected chi connectivity index (χ4v) is 4.31. The molecule has 1 unspecified atom stereocenters. The van der Waals surface area contributed by atoms with Crippen molar-refractivity contribution in [2.24, 2.45) is 0 Å². The summed E-state index contributed by atoms with van der Waals surface area (Å²) in [6.45, 7) is 3.71. The molecule has 0 aliphatic carbocycles. The maximum absolute atomic E-state index is 12.1. The van der Waals surface area contributed by atoms with E-state index in [-0.39, 0.29) is 11.2 Å². The monoisotopic (exact) mass is 257 g/mol. The number of nitrogens with zero attached hydrogens (tertiary/aromatic N) is 1. The Morgan fingerprint density at radius 1 is 1.18 bits per heavy atom. The summed E-state index contributed by atoms with van der Waals surface area (Å²) in [5, 5.41) is 0.193. The Hall–Kier alpha value is -0.523. The third-order valence-electron chi connectivity index (χ3n) is 3.64. The first-order valence-electron chi connectivity index (χ1n) is 6.26. The van der Waals surface area contributed by atoms with Crippen LogP contribution in [0.5, 0.6) is 0 Å². The van der Waals surface area contributed by atoms with Crippen LogP contribution >= 0.6 is 0 Å². The summed E-state index contributed by atoms with van der Waals surface area (Å²) in [6, 6.07) is 0.862. The van der Waals surface area contributed by atoms with Crippen molar-refractivity contribution >= 4 is 19.5 Å². The molecule has 1 atom stereocenters. The van der Waals surface area contributed by atoms with Gasteiger partial charge in [0, 0.05) is 32.9 Å². The first-order valence-corrected chi connectivity index (χ1v) is 8.88. The van der Waals surface area contributed by atoms with Gasteiger partial charge in [-0.3, -0.25) is 4.79 Å². The van der Waals surface area contributed by atoms with Crippen LogP contribution in [0, 0.1) is 0 Å². The summed E-state index contributed by atoms with van der Waals surface area (Å²) in [5.74, 6) is 0.194. The number of hydrogen-bond acceptors (Lipinski definition) is 4. The highest BCUT2D eigenvalue weighted by atomic mass is 28.4. The lowest BCUT2D eigenvalue weighted by molar-refractivity contribution is -0.122. The zero-order valence-electron chi connectivity index (χ0n) is 11.1. The molecular formula is C12H23NO3Si. The van der Waals surface area contributed by atoms with E-state index in [1.165, 1.54) is 0 Å². The van der Waals surface area contributed by atoms with E-state index in [4.69, 9.17) is 4.43 Å². The number of rotatable bonds is 1. The lowest BCUT2D eigenvalue weighted by Crippen LogP contribution is -2.43. The van der Waals surface area contributed by atoms with E-state index in [0.717, 1.165) is 25.6 Å². The molecule has 0 radical (unpaired) electrons. The van der Waals surface area contributed by atoms with Crippen molar-refractivity contribution in [2.75, 3.05) is 27.2 Å². The van der Waals surface area contributed by atoms with Crippen LogP contribution in [-0.2, 0) is 14.0 Å². The van der Waals surface area contributed by atoms with Crippen LogP contribution in [0.1, 0.15) is 25.7 Å². The van der Waals surface area contributed by atoms with E-state index >= 15 is 0 Å². The normalized spacial score (nSPS) is 30.1. The van der Waals surface area contributed by atoms with Gasteiger partial charge in [-0.2, -0.15) is 0 Å². The minimum absolute atomic E-state index is 0.193. The van der Waals surface area contributed by atoms with E-state index in [1.807, 2.05) is 13.6 Å². The number of hydrogen-bond donors (Lipinski definition) is 0. The first kappa shape index (κ1) is 14.5. The van der Waals surface area contributed by atoms with Crippen LogP contribution in [0.2, 0.25) is 12.6 Å². The molecule has 5 heteroatoms. The second-order valence-corrected chi connectivity index (χ2v) is 8.98. The molecule has 0 aromatic carbocycles. The van der Waals surface area contributed by atoms with Crippen molar-refractivity contribution in [3.8, 4) is 0 Å². The number of Topliss-reactive ketones (excluding diaryl/α,β-unsaturated/α-hetero) is 1. The summed E-state index contributed by atoms with van der Waals surface area (Å²) >= 11 is 0. The Bertz CT molecular complexity index is 295. The van der Waals surface area contributed by atoms with Gasteiger partial charge < -0.3 is 14.1 Å². The Labute approximate surface area is 104 Å². The summed E-state index contributed by atoms with van der Waals surface area (Å²) in [4.78, 5) is 25.9. The van der Waals surface area contributed by atoms with Gasteiger partial charge in [0.25, 0.3) is 8.32 Å². The molecule has 1 aliphatic heterocycles. The van der Waals surface area contributed by atoms with Crippen molar-refractivity contribution in [2.45, 2.75) is 38.3 Å². The fourth-order valence-electron chi connectivity index (χ4n) is 2.11. The fraction of sp³-hybridized carbons (Fsp3) is 0.833. The molecule has 0 N–H and O–H groups in total. The maximum atomic E-state index is 12.1. The van der Waals surface area contributed by atoms with E-state index in [9.17, 15) is 9.59 Å².